The third-order valence-electron chi connectivity index (χ3n) is 17.0. The Kier molecular flexibility index (Phi) is 20.0. The Hall–Kier alpha value is -7.96. The molecule has 2 atom stereocenters. The molecule has 3 aromatic carbocycles. The molecule has 10 rings (SSSR count). The normalized spacial score (nSPS) is 16.9. The molecule has 5 amide bonds. The Morgan fingerprint density at radius 1 is 0.876 bits per heavy atom. The number of nitrogens with one attached hydrogen (secondary N) is 4. The van der Waals surface area contributed by atoms with Crippen molar-refractivity contribution in [3.8, 4) is 16.9 Å². The number of furan rings is 1. The molecule has 2 saturated heterocycles. The number of ether oxygens (including phenoxy) is 3. The number of benzene rings is 3. The van der Waals surface area contributed by atoms with Crippen LogP contribution in [0.25, 0.3) is 22.3 Å². The zero-order valence-corrected chi connectivity index (χ0v) is 52.7. The number of likely N-dealkylation sites (tertiary alicyclic amines) is 1. The molecule has 0 bridgehead atoms. The molecule has 4 aliphatic rings. The van der Waals surface area contributed by atoms with E-state index in [9.17, 15) is 37.2 Å². The van der Waals surface area contributed by atoms with Gasteiger partial charge in [0.1, 0.15) is 11.4 Å². The minimum Gasteiger partial charge on any atom is -0.494 e. The fourth-order valence-corrected chi connectivity index (χ4v) is 13.6. The number of carbonyl (C=O) groups excluding carboxylic acids is 6. The SMILES string of the molecule is C=C1c2cccc(NCCOCCOCc3cn(CCCC(=O)N4CCC(CNC(=O)c5ccc(S(=O)(=O)NC(=O)C6=C(CCCOc7cc(C)c(Cl)c(C)c7)c7ccc(Cl)c(-c8c(C)nn(C)c8C)c7C6)o5)CC4)nn3)c2C(=O)C1C1CCC(=O)NC1=O. The molecule has 4 N–H and O–H groups in total. The van der Waals surface area contributed by atoms with Gasteiger partial charge in [-0.15, -0.1) is 5.10 Å². The van der Waals surface area contributed by atoms with Crippen molar-refractivity contribution in [2.75, 3.05) is 57.9 Å². The molecule has 2 fully saturated rings. The fourth-order valence-electron chi connectivity index (χ4n) is 12.3. The van der Waals surface area contributed by atoms with Crippen LogP contribution in [0.5, 0.6) is 5.75 Å². The average molecular weight is 1280 g/mol. The number of fused-ring (bicyclic) bond motifs is 2. The topological polar surface area (TPSA) is 277 Å². The number of nitrogens with zero attached hydrogens (tertiary/aromatic N) is 6. The Morgan fingerprint density at radius 2 is 1.64 bits per heavy atom. The summed E-state index contributed by atoms with van der Waals surface area (Å²) in [5.74, 6) is -3.23. The maximum atomic E-state index is 14.3. The first-order valence-corrected chi connectivity index (χ1v) is 32.1. The minimum absolute atomic E-state index is 0.0206. The van der Waals surface area contributed by atoms with Crippen LogP contribution in [0.1, 0.15) is 117 Å². The van der Waals surface area contributed by atoms with E-state index in [1.54, 1.807) is 21.6 Å². The van der Waals surface area contributed by atoms with Crippen LogP contribution < -0.4 is 25.4 Å². The maximum Gasteiger partial charge on any atom is 0.297 e. The van der Waals surface area contributed by atoms with Crippen LogP contribution in [0, 0.1) is 45.4 Å². The molecule has 0 saturated carbocycles. The number of Topliss-reactive ketones (excluding diaryl/α,β-unsaturated/α-hetero) is 1. The van der Waals surface area contributed by atoms with Gasteiger partial charge in [0.15, 0.2) is 11.5 Å². The summed E-state index contributed by atoms with van der Waals surface area (Å²) in [5, 5.41) is 22.0. The molecule has 470 valence electrons. The molecule has 3 aromatic heterocycles. The monoisotopic (exact) mass is 1270 g/mol. The Bertz CT molecular complexity index is 3890. The third kappa shape index (κ3) is 14.4. The van der Waals surface area contributed by atoms with E-state index >= 15 is 0 Å². The van der Waals surface area contributed by atoms with Crippen molar-refractivity contribution in [1.82, 2.24) is 45.0 Å². The largest absolute Gasteiger partial charge is 0.494 e. The zero-order chi connectivity index (χ0) is 63.3. The lowest BCUT2D eigenvalue weighted by Gasteiger charge is -2.32. The number of amides is 5. The van der Waals surface area contributed by atoms with Gasteiger partial charge in [-0.2, -0.15) is 13.5 Å². The summed E-state index contributed by atoms with van der Waals surface area (Å²) in [6.45, 7) is 15.5. The van der Waals surface area contributed by atoms with Crippen LogP contribution >= 0.6 is 23.2 Å². The number of sulfonamides is 1. The van der Waals surface area contributed by atoms with E-state index in [2.05, 4.69) is 42.7 Å². The highest BCUT2D eigenvalue weighted by Crippen LogP contribution is 2.47. The first-order chi connectivity index (χ1) is 42.7. The molecule has 25 heteroatoms. The van der Waals surface area contributed by atoms with Crippen molar-refractivity contribution in [3.63, 3.8) is 0 Å². The van der Waals surface area contributed by atoms with Gasteiger partial charge in [-0.1, -0.05) is 53.2 Å². The number of hydrogen-bond acceptors (Lipinski definition) is 16. The quantitative estimate of drug-likeness (QED) is 0.0293. The van der Waals surface area contributed by atoms with Crippen LogP contribution in [0.3, 0.4) is 0 Å². The minimum atomic E-state index is -4.60. The number of aromatic nitrogens is 5. The summed E-state index contributed by atoms with van der Waals surface area (Å²) >= 11 is 13.3. The van der Waals surface area contributed by atoms with E-state index in [4.69, 9.17) is 41.8 Å². The van der Waals surface area contributed by atoms with Crippen LogP contribution in [-0.2, 0) is 65.3 Å². The van der Waals surface area contributed by atoms with Crippen molar-refractivity contribution in [2.24, 2.45) is 24.8 Å². The van der Waals surface area contributed by atoms with E-state index in [0.717, 1.165) is 50.8 Å². The Morgan fingerprint density at radius 3 is 2.38 bits per heavy atom. The molecular weight excluding hydrogens is 1200 g/mol. The number of imide groups is 1. The van der Waals surface area contributed by atoms with E-state index in [-0.39, 0.29) is 60.8 Å². The molecule has 89 heavy (non-hydrogen) atoms. The number of carbonyl (C=O) groups is 6. The molecule has 22 nitrogen and oxygen atoms in total. The predicted octanol–water partition coefficient (Wildman–Crippen LogP) is 8.46. The zero-order valence-electron chi connectivity index (χ0n) is 50.4. The standard InChI is InChI=1S/C64H72Cl2N10O12S/c1-36-30-43(31-37(2)60(36)66)87-26-9-11-45-46-14-16-50(65)58(57-39(4)71-74(6)40(57)5)48(46)32-49(45)63(81)72-89(83,84)55-19-17-52(88-55)64(82)68-33-41-20-24-75(25-21-41)54(78)13-8-23-76-34-42(70-73-76)35-86-29-28-85-27-22-67-51-12-7-10-44-38(3)56(61(79)59(44)51)47-15-18-53(77)69-62(47)80/h7,10,12,14,16-17,19,30-31,34,41,47,56,67H,3,8-9,11,13,15,18,20-29,32-33,35H2,1-2,4-6H3,(H,68,82)(H,72,81)(H,69,77,80). The van der Waals surface area contributed by atoms with Gasteiger partial charge in [-0.05, 0) is 147 Å². The number of piperidine rings is 2. The molecule has 0 radical (unpaired) electrons. The molecule has 5 heterocycles. The van der Waals surface area contributed by atoms with Crippen molar-refractivity contribution in [1.29, 1.82) is 0 Å². The smallest absolute Gasteiger partial charge is 0.297 e. The van der Waals surface area contributed by atoms with E-state index in [0.29, 0.717) is 147 Å². The van der Waals surface area contributed by atoms with Gasteiger partial charge >= 0.3 is 0 Å². The second-order valence-electron chi connectivity index (χ2n) is 23.0. The van der Waals surface area contributed by atoms with E-state index < -0.39 is 44.7 Å². The number of hydrogen-bond donors (Lipinski definition) is 4. The maximum absolute atomic E-state index is 14.3. The summed E-state index contributed by atoms with van der Waals surface area (Å²) in [4.78, 5) is 80.5. The molecular formula is C64H72Cl2N10O12S. The number of allylic oxidation sites excluding steroid dienone is 2. The highest BCUT2D eigenvalue weighted by molar-refractivity contribution is 7.90. The van der Waals surface area contributed by atoms with Crippen molar-refractivity contribution >= 4 is 85.4 Å². The van der Waals surface area contributed by atoms with Gasteiger partial charge in [0.25, 0.3) is 21.8 Å². The highest BCUT2D eigenvalue weighted by Gasteiger charge is 2.45. The van der Waals surface area contributed by atoms with Gasteiger partial charge in [-0.3, -0.25) is 43.4 Å². The molecule has 2 unspecified atom stereocenters. The van der Waals surface area contributed by atoms with Crippen LogP contribution in [-0.4, -0.2) is 126 Å². The van der Waals surface area contributed by atoms with Gasteiger partial charge < -0.3 is 34.2 Å². The lowest BCUT2D eigenvalue weighted by Crippen LogP contribution is -2.44. The number of ketones is 1. The summed E-state index contributed by atoms with van der Waals surface area (Å²) < 4.78 is 56.5. The van der Waals surface area contributed by atoms with Crippen LogP contribution in [0.2, 0.25) is 10.0 Å². The van der Waals surface area contributed by atoms with Crippen molar-refractivity contribution < 1.29 is 55.8 Å². The lowest BCUT2D eigenvalue weighted by atomic mass is 9.81. The summed E-state index contributed by atoms with van der Waals surface area (Å²) in [5.41, 5.74) is 10.5. The number of halogens is 2. The van der Waals surface area contributed by atoms with Gasteiger partial charge in [0.05, 0.1) is 56.8 Å². The lowest BCUT2D eigenvalue weighted by molar-refractivity contribution is -0.137. The first kappa shape index (κ1) is 64.0. The molecule has 2 aliphatic heterocycles. The second kappa shape index (κ2) is 27.8. The second-order valence-corrected chi connectivity index (χ2v) is 25.4. The van der Waals surface area contributed by atoms with E-state index in [1.165, 1.54) is 6.07 Å². The third-order valence-corrected chi connectivity index (χ3v) is 19.1. The Balaban J connectivity index is 0.628. The highest BCUT2D eigenvalue weighted by atomic mass is 35.5. The van der Waals surface area contributed by atoms with Crippen LogP contribution in [0.15, 0.2) is 82.5 Å². The Labute approximate surface area is 526 Å². The van der Waals surface area contributed by atoms with Gasteiger partial charge in [-0.25, -0.2) is 4.72 Å². The summed E-state index contributed by atoms with van der Waals surface area (Å²) in [6, 6.07) is 15.2. The number of aryl methyl sites for hydroxylation is 5. The predicted molar refractivity (Wildman–Crippen MR) is 332 cm³/mol. The molecule has 0 spiro atoms. The van der Waals surface area contributed by atoms with Crippen molar-refractivity contribution in [3.05, 3.63) is 139 Å². The van der Waals surface area contributed by atoms with Gasteiger partial charge in [0.2, 0.25) is 22.8 Å². The van der Waals surface area contributed by atoms with Gasteiger partial charge in [0, 0.05) is 103 Å². The van der Waals surface area contributed by atoms with Crippen LogP contribution in [0.4, 0.5) is 5.69 Å². The van der Waals surface area contributed by atoms with E-state index in [1.807, 2.05) is 76.0 Å². The number of rotatable bonds is 26. The summed E-state index contributed by atoms with van der Waals surface area (Å²) in [7, 11) is -2.75. The average Bonchev–Trinajstić information content (AvgIpc) is 1.64. The summed E-state index contributed by atoms with van der Waals surface area (Å²) in [6.07, 6.45) is 5.42. The number of anilines is 1. The first-order valence-electron chi connectivity index (χ1n) is 29.8. The fraction of sp³-hybridized carbons (Fsp3) is 0.422. The molecule has 6 aromatic rings. The molecule has 2 aliphatic carbocycles. The van der Waals surface area contributed by atoms with Crippen molar-refractivity contribution in [2.45, 2.75) is 104 Å².